The molecule has 0 saturated carbocycles. The molecule has 0 aliphatic rings. The van der Waals surface area contributed by atoms with Crippen LogP contribution in [0.2, 0.25) is 0 Å². The molecule has 5 nitrogen and oxygen atoms in total. The zero-order valence-electron chi connectivity index (χ0n) is 12.9. The van der Waals surface area contributed by atoms with Crippen LogP contribution in [0.15, 0.2) is 47.1 Å². The Hall–Kier alpha value is -2.47. The average molecular weight is 324 g/mol. The Morgan fingerprint density at radius 3 is 2.70 bits per heavy atom. The maximum absolute atomic E-state index is 5.38. The van der Waals surface area contributed by atoms with Crippen molar-refractivity contribution >= 4 is 16.3 Å². The molecule has 6 heteroatoms. The quantitative estimate of drug-likeness (QED) is 0.562. The molecule has 0 N–H and O–H groups in total. The molecule has 0 fully saturated rings. The molecule has 0 unspecified atom stereocenters. The summed E-state index contributed by atoms with van der Waals surface area (Å²) in [6, 6.07) is 12.4. The first-order valence-corrected chi connectivity index (χ1v) is 8.41. The van der Waals surface area contributed by atoms with Gasteiger partial charge in [0.15, 0.2) is 5.82 Å². The maximum atomic E-state index is 5.38. The lowest BCUT2D eigenvalue weighted by molar-refractivity contribution is 0.535. The molecule has 0 aliphatic carbocycles. The molecule has 23 heavy (non-hydrogen) atoms. The largest absolute Gasteiger partial charge is 0.469 e. The average Bonchev–Trinajstić information content (AvgIpc) is 3.25. The van der Waals surface area contributed by atoms with Crippen molar-refractivity contribution in [3.05, 3.63) is 59.0 Å². The van der Waals surface area contributed by atoms with Crippen LogP contribution in [0.5, 0.6) is 0 Å². The van der Waals surface area contributed by atoms with E-state index in [1.54, 1.807) is 17.6 Å². The second kappa shape index (κ2) is 5.62. The zero-order valence-corrected chi connectivity index (χ0v) is 13.7. The fourth-order valence-electron chi connectivity index (χ4n) is 2.80. The van der Waals surface area contributed by atoms with Crippen LogP contribution in [-0.2, 0) is 0 Å². The normalized spacial score (nSPS) is 12.8. The van der Waals surface area contributed by atoms with E-state index < -0.39 is 0 Å². The summed E-state index contributed by atoms with van der Waals surface area (Å²) in [5.41, 5.74) is 2.21. The number of fused-ring (bicyclic) bond motifs is 1. The van der Waals surface area contributed by atoms with Crippen LogP contribution in [0.1, 0.15) is 35.6 Å². The third-order valence-electron chi connectivity index (χ3n) is 4.01. The molecule has 0 radical (unpaired) electrons. The Morgan fingerprint density at radius 2 is 2.00 bits per heavy atom. The topological polar surface area (TPSA) is 56.2 Å². The number of furan rings is 1. The third-order valence-corrected chi connectivity index (χ3v) is 5.03. The summed E-state index contributed by atoms with van der Waals surface area (Å²) in [5.74, 6) is 1.84. The Kier molecular flexibility index (Phi) is 3.46. The second-order valence-electron chi connectivity index (χ2n) is 5.42. The van der Waals surface area contributed by atoms with Crippen molar-refractivity contribution in [3.8, 4) is 11.4 Å². The van der Waals surface area contributed by atoms with Gasteiger partial charge in [-0.15, -0.1) is 10.2 Å². The highest BCUT2D eigenvalue weighted by atomic mass is 32.1. The summed E-state index contributed by atoms with van der Waals surface area (Å²) in [4.78, 5) is 0.810. The lowest BCUT2D eigenvalue weighted by Gasteiger charge is -2.11. The van der Waals surface area contributed by atoms with Gasteiger partial charge in [-0.05, 0) is 25.0 Å². The highest BCUT2D eigenvalue weighted by Gasteiger charge is 2.21. The Balaban J connectivity index is 1.81. The first-order valence-electron chi connectivity index (χ1n) is 7.59. The molecule has 0 amide bonds. The van der Waals surface area contributed by atoms with Crippen molar-refractivity contribution in [1.29, 1.82) is 0 Å². The van der Waals surface area contributed by atoms with Gasteiger partial charge in [-0.2, -0.15) is 9.61 Å². The van der Waals surface area contributed by atoms with Gasteiger partial charge in [-0.25, -0.2) is 0 Å². The van der Waals surface area contributed by atoms with Crippen LogP contribution < -0.4 is 0 Å². The molecule has 3 aromatic heterocycles. The van der Waals surface area contributed by atoms with Gasteiger partial charge in [-0.1, -0.05) is 48.6 Å². The van der Waals surface area contributed by atoms with Gasteiger partial charge in [0.05, 0.1) is 11.8 Å². The molecule has 0 saturated heterocycles. The second-order valence-corrected chi connectivity index (χ2v) is 6.41. The lowest BCUT2D eigenvalue weighted by atomic mass is 9.97. The first kappa shape index (κ1) is 14.1. The van der Waals surface area contributed by atoms with E-state index in [9.17, 15) is 0 Å². The summed E-state index contributed by atoms with van der Waals surface area (Å²) in [6.45, 7) is 4.10. The SMILES string of the molecule is CC[C@H](c1ccccc1)c1nn2c(-c3ccoc3C)nnc2s1. The van der Waals surface area contributed by atoms with E-state index in [4.69, 9.17) is 9.52 Å². The fourth-order valence-corrected chi connectivity index (χ4v) is 3.85. The summed E-state index contributed by atoms with van der Waals surface area (Å²) in [7, 11) is 0. The van der Waals surface area contributed by atoms with Gasteiger partial charge in [0.25, 0.3) is 0 Å². The molecular weight excluding hydrogens is 308 g/mol. The Bertz CT molecular complexity index is 938. The van der Waals surface area contributed by atoms with Gasteiger partial charge >= 0.3 is 0 Å². The molecule has 1 atom stereocenters. The van der Waals surface area contributed by atoms with Crippen LogP contribution >= 0.6 is 11.3 Å². The zero-order chi connectivity index (χ0) is 15.8. The maximum Gasteiger partial charge on any atom is 0.234 e. The van der Waals surface area contributed by atoms with Crippen LogP contribution in [0, 0.1) is 6.92 Å². The summed E-state index contributed by atoms with van der Waals surface area (Å²) >= 11 is 1.60. The van der Waals surface area contributed by atoms with Crippen LogP contribution in [-0.4, -0.2) is 19.8 Å². The standard InChI is InChI=1S/C17H16N4OS/c1-3-13(12-7-5-4-6-8-12)16-20-21-15(18-19-17(21)23-16)14-9-10-22-11(14)2/h4-10,13H,3H2,1-2H3/t13-/m1/s1. The van der Waals surface area contributed by atoms with E-state index >= 15 is 0 Å². The van der Waals surface area contributed by atoms with Gasteiger partial charge in [0.1, 0.15) is 10.8 Å². The van der Waals surface area contributed by atoms with Crippen molar-refractivity contribution in [3.63, 3.8) is 0 Å². The number of rotatable bonds is 4. The van der Waals surface area contributed by atoms with Crippen LogP contribution in [0.3, 0.4) is 0 Å². The lowest BCUT2D eigenvalue weighted by Crippen LogP contribution is -2.01. The van der Waals surface area contributed by atoms with E-state index in [1.807, 2.05) is 23.6 Å². The molecule has 116 valence electrons. The predicted molar refractivity (Wildman–Crippen MR) is 89.7 cm³/mol. The van der Waals surface area contributed by atoms with E-state index in [1.165, 1.54) is 5.56 Å². The van der Waals surface area contributed by atoms with Crippen molar-refractivity contribution in [2.75, 3.05) is 0 Å². The van der Waals surface area contributed by atoms with Crippen LogP contribution in [0.25, 0.3) is 16.3 Å². The smallest absolute Gasteiger partial charge is 0.234 e. The highest BCUT2D eigenvalue weighted by Crippen LogP contribution is 2.32. The van der Waals surface area contributed by atoms with E-state index in [0.717, 1.165) is 33.5 Å². The number of benzene rings is 1. The number of aryl methyl sites for hydroxylation is 1. The van der Waals surface area contributed by atoms with E-state index in [0.29, 0.717) is 0 Å². The first-order chi connectivity index (χ1) is 11.3. The van der Waals surface area contributed by atoms with E-state index in [-0.39, 0.29) is 5.92 Å². The monoisotopic (exact) mass is 324 g/mol. The Morgan fingerprint density at radius 1 is 1.17 bits per heavy atom. The summed E-state index contributed by atoms with van der Waals surface area (Å²) in [6.07, 6.45) is 2.66. The molecule has 0 bridgehead atoms. The number of aromatic nitrogens is 4. The third kappa shape index (κ3) is 2.35. The van der Waals surface area contributed by atoms with Crippen molar-refractivity contribution in [2.45, 2.75) is 26.2 Å². The van der Waals surface area contributed by atoms with Crippen molar-refractivity contribution in [1.82, 2.24) is 19.8 Å². The fraction of sp³-hybridized carbons (Fsp3) is 0.235. The minimum Gasteiger partial charge on any atom is -0.469 e. The summed E-state index contributed by atoms with van der Waals surface area (Å²) < 4.78 is 7.20. The Labute approximate surface area is 137 Å². The van der Waals surface area contributed by atoms with Gasteiger partial charge in [0.2, 0.25) is 4.96 Å². The van der Waals surface area contributed by atoms with E-state index in [2.05, 4.69) is 41.4 Å². The minimum absolute atomic E-state index is 0.279. The highest BCUT2D eigenvalue weighted by molar-refractivity contribution is 7.16. The van der Waals surface area contributed by atoms with Crippen molar-refractivity contribution < 1.29 is 4.42 Å². The van der Waals surface area contributed by atoms with Crippen LogP contribution in [0.4, 0.5) is 0 Å². The molecule has 0 spiro atoms. The number of nitrogens with zero attached hydrogens (tertiary/aromatic N) is 4. The molecule has 1 aromatic carbocycles. The molecule has 3 heterocycles. The molecular formula is C17H16N4OS. The molecule has 4 aromatic rings. The van der Waals surface area contributed by atoms with Gasteiger partial charge in [-0.3, -0.25) is 0 Å². The predicted octanol–water partition coefficient (Wildman–Crippen LogP) is 4.30. The van der Waals surface area contributed by atoms with Gasteiger partial charge < -0.3 is 4.42 Å². The van der Waals surface area contributed by atoms with Crippen molar-refractivity contribution in [2.24, 2.45) is 0 Å². The van der Waals surface area contributed by atoms with Gasteiger partial charge in [0, 0.05) is 5.92 Å². The molecule has 4 rings (SSSR count). The summed E-state index contributed by atoms with van der Waals surface area (Å²) in [5, 5.41) is 14.4. The number of hydrogen-bond acceptors (Lipinski definition) is 5. The number of hydrogen-bond donors (Lipinski definition) is 0. The molecule has 0 aliphatic heterocycles. The minimum atomic E-state index is 0.279.